The van der Waals surface area contributed by atoms with E-state index in [2.05, 4.69) is 33.0 Å². The second kappa shape index (κ2) is 5.68. The Balaban J connectivity index is 2.40. The van der Waals surface area contributed by atoms with Crippen LogP contribution < -0.4 is 5.32 Å². The van der Waals surface area contributed by atoms with E-state index in [4.69, 9.17) is 4.74 Å². The Kier molecular flexibility index (Phi) is 4.28. The first-order chi connectivity index (χ1) is 9.81. The van der Waals surface area contributed by atoms with Crippen LogP contribution in [0.2, 0.25) is 0 Å². The number of benzene rings is 1. The zero-order valence-corrected chi connectivity index (χ0v) is 13.7. The molecular formula is C17H26N2O2. The van der Waals surface area contributed by atoms with E-state index in [1.807, 2.05) is 29.2 Å². The third-order valence-corrected chi connectivity index (χ3v) is 4.51. The molecule has 0 aromatic heterocycles. The number of hydrogen-bond donors (Lipinski definition) is 1. The molecule has 21 heavy (non-hydrogen) atoms. The van der Waals surface area contributed by atoms with Crippen LogP contribution in [0.15, 0.2) is 24.3 Å². The summed E-state index contributed by atoms with van der Waals surface area (Å²) in [4.78, 5) is 14.9. The number of hydrogen-bond acceptors (Lipinski definition) is 3. The minimum atomic E-state index is -0.424. The smallest absolute Gasteiger partial charge is 0.257 e. The van der Waals surface area contributed by atoms with Gasteiger partial charge in [0, 0.05) is 31.4 Å². The first-order valence-electron chi connectivity index (χ1n) is 7.49. The lowest BCUT2D eigenvalue weighted by Gasteiger charge is -2.53. The van der Waals surface area contributed by atoms with Crippen LogP contribution in [0, 0.1) is 5.41 Å². The van der Waals surface area contributed by atoms with Gasteiger partial charge in [-0.2, -0.15) is 0 Å². The van der Waals surface area contributed by atoms with Gasteiger partial charge in [0.05, 0.1) is 5.56 Å². The molecule has 0 aliphatic carbocycles. The molecule has 1 aliphatic rings. The van der Waals surface area contributed by atoms with Gasteiger partial charge in [0.25, 0.3) is 5.91 Å². The van der Waals surface area contributed by atoms with E-state index in [1.165, 1.54) is 0 Å². The Morgan fingerprint density at radius 1 is 1.29 bits per heavy atom. The molecule has 116 valence electrons. The summed E-state index contributed by atoms with van der Waals surface area (Å²) < 4.78 is 5.13. The Morgan fingerprint density at radius 2 is 1.95 bits per heavy atom. The van der Waals surface area contributed by atoms with Crippen molar-refractivity contribution in [1.82, 2.24) is 4.90 Å². The molecule has 1 aliphatic heterocycles. The summed E-state index contributed by atoms with van der Waals surface area (Å²) in [6, 6.07) is 7.73. The molecule has 0 bridgehead atoms. The van der Waals surface area contributed by atoms with Crippen LogP contribution >= 0.6 is 0 Å². The molecule has 1 amide bonds. The Morgan fingerprint density at radius 3 is 2.57 bits per heavy atom. The van der Waals surface area contributed by atoms with E-state index < -0.39 is 5.66 Å². The molecule has 0 radical (unpaired) electrons. The first-order valence-corrected chi connectivity index (χ1v) is 7.49. The van der Waals surface area contributed by atoms with Gasteiger partial charge in [-0.25, -0.2) is 0 Å². The van der Waals surface area contributed by atoms with Gasteiger partial charge in [-0.05, 0) is 25.5 Å². The van der Waals surface area contributed by atoms with E-state index in [0.717, 1.165) is 17.7 Å². The maximum atomic E-state index is 12.9. The molecule has 1 atom stereocenters. The topological polar surface area (TPSA) is 41.6 Å². The van der Waals surface area contributed by atoms with Crippen LogP contribution in [0.25, 0.3) is 0 Å². The van der Waals surface area contributed by atoms with Gasteiger partial charge in [0.15, 0.2) is 0 Å². The highest BCUT2D eigenvalue weighted by atomic mass is 16.5. The van der Waals surface area contributed by atoms with Gasteiger partial charge in [0.2, 0.25) is 0 Å². The molecule has 0 saturated carbocycles. The molecule has 1 N–H and O–H groups in total. The number of methoxy groups -OCH3 is 1. The number of fused-ring (bicyclic) bond motifs is 1. The summed E-state index contributed by atoms with van der Waals surface area (Å²) in [5.41, 5.74) is 1.15. The SMILES string of the molecule is COCCCN1C(=O)c2ccccc2NC1(C)C(C)(C)C. The second-order valence-corrected chi connectivity index (χ2v) is 6.80. The normalized spacial score (nSPS) is 22.0. The Hall–Kier alpha value is -1.55. The fourth-order valence-electron chi connectivity index (χ4n) is 2.74. The summed E-state index contributed by atoms with van der Waals surface area (Å²) in [5.74, 6) is 0.0953. The highest BCUT2D eigenvalue weighted by Gasteiger charge is 2.48. The largest absolute Gasteiger partial charge is 0.385 e. The number of carbonyl (C=O) groups excluding carboxylic acids is 1. The van der Waals surface area contributed by atoms with E-state index in [0.29, 0.717) is 13.2 Å². The van der Waals surface area contributed by atoms with Gasteiger partial charge in [0.1, 0.15) is 5.66 Å². The maximum absolute atomic E-state index is 12.9. The van der Waals surface area contributed by atoms with Crippen LogP contribution in [0.1, 0.15) is 44.5 Å². The average Bonchev–Trinajstić information content (AvgIpc) is 2.41. The minimum Gasteiger partial charge on any atom is -0.385 e. The third kappa shape index (κ3) is 2.77. The molecular weight excluding hydrogens is 264 g/mol. The van der Waals surface area contributed by atoms with Crippen LogP contribution in [0.5, 0.6) is 0 Å². The number of anilines is 1. The molecule has 2 rings (SSSR count). The fourth-order valence-corrected chi connectivity index (χ4v) is 2.74. The van der Waals surface area contributed by atoms with Crippen molar-refractivity contribution >= 4 is 11.6 Å². The van der Waals surface area contributed by atoms with Gasteiger partial charge in [-0.15, -0.1) is 0 Å². The molecule has 1 unspecified atom stereocenters. The van der Waals surface area contributed by atoms with Crippen molar-refractivity contribution in [2.24, 2.45) is 5.41 Å². The maximum Gasteiger partial charge on any atom is 0.257 e. The molecule has 4 heteroatoms. The standard InChI is InChI=1S/C17H26N2O2/c1-16(2,3)17(4)18-14-10-7-6-9-13(14)15(20)19(17)11-8-12-21-5/h6-7,9-10,18H,8,11-12H2,1-5H3. The quantitative estimate of drug-likeness (QED) is 0.865. The number of ether oxygens (including phenoxy) is 1. The Labute approximate surface area is 127 Å². The number of para-hydroxylation sites is 1. The summed E-state index contributed by atoms with van der Waals surface area (Å²) in [6.07, 6.45) is 0.831. The summed E-state index contributed by atoms with van der Waals surface area (Å²) >= 11 is 0. The van der Waals surface area contributed by atoms with Crippen molar-refractivity contribution in [3.63, 3.8) is 0 Å². The van der Waals surface area contributed by atoms with Gasteiger partial charge in [-0.3, -0.25) is 4.79 Å². The van der Waals surface area contributed by atoms with Crippen molar-refractivity contribution < 1.29 is 9.53 Å². The summed E-state index contributed by atoms with van der Waals surface area (Å²) in [7, 11) is 1.69. The van der Waals surface area contributed by atoms with Crippen molar-refractivity contribution in [2.45, 2.75) is 39.8 Å². The van der Waals surface area contributed by atoms with Crippen molar-refractivity contribution in [3.8, 4) is 0 Å². The molecule has 1 heterocycles. The molecule has 0 saturated heterocycles. The van der Waals surface area contributed by atoms with Crippen LogP contribution in [-0.4, -0.2) is 36.7 Å². The van der Waals surface area contributed by atoms with E-state index >= 15 is 0 Å². The van der Waals surface area contributed by atoms with E-state index in [-0.39, 0.29) is 11.3 Å². The molecule has 4 nitrogen and oxygen atoms in total. The van der Waals surface area contributed by atoms with Crippen molar-refractivity contribution in [2.75, 3.05) is 25.6 Å². The van der Waals surface area contributed by atoms with Crippen LogP contribution in [-0.2, 0) is 4.74 Å². The summed E-state index contributed by atoms with van der Waals surface area (Å²) in [6.45, 7) is 9.92. The van der Waals surface area contributed by atoms with Gasteiger partial charge in [-0.1, -0.05) is 32.9 Å². The fraction of sp³-hybridized carbons (Fsp3) is 0.588. The van der Waals surface area contributed by atoms with Gasteiger partial charge < -0.3 is 15.0 Å². The molecule has 0 fully saturated rings. The lowest BCUT2D eigenvalue weighted by Crippen LogP contribution is -2.64. The monoisotopic (exact) mass is 290 g/mol. The average molecular weight is 290 g/mol. The Bertz CT molecular complexity index is 522. The van der Waals surface area contributed by atoms with Crippen molar-refractivity contribution in [1.29, 1.82) is 0 Å². The van der Waals surface area contributed by atoms with E-state index in [1.54, 1.807) is 7.11 Å². The second-order valence-electron chi connectivity index (χ2n) is 6.80. The highest BCUT2D eigenvalue weighted by molar-refractivity contribution is 6.02. The number of rotatable bonds is 4. The van der Waals surface area contributed by atoms with Crippen LogP contribution in [0.4, 0.5) is 5.69 Å². The third-order valence-electron chi connectivity index (χ3n) is 4.51. The number of carbonyl (C=O) groups is 1. The predicted molar refractivity (Wildman–Crippen MR) is 85.5 cm³/mol. The van der Waals surface area contributed by atoms with Gasteiger partial charge >= 0.3 is 0 Å². The predicted octanol–water partition coefficient (Wildman–Crippen LogP) is 3.35. The lowest BCUT2D eigenvalue weighted by atomic mass is 9.78. The first kappa shape index (κ1) is 15.8. The summed E-state index contributed by atoms with van der Waals surface area (Å²) in [5, 5.41) is 3.58. The van der Waals surface area contributed by atoms with E-state index in [9.17, 15) is 4.79 Å². The number of amides is 1. The van der Waals surface area contributed by atoms with Crippen LogP contribution in [0.3, 0.4) is 0 Å². The number of nitrogens with one attached hydrogen (secondary N) is 1. The zero-order valence-electron chi connectivity index (χ0n) is 13.7. The number of nitrogens with zero attached hydrogens (tertiary/aromatic N) is 1. The molecule has 1 aromatic rings. The minimum absolute atomic E-state index is 0.0940. The highest BCUT2D eigenvalue weighted by Crippen LogP contribution is 2.41. The van der Waals surface area contributed by atoms with Crippen molar-refractivity contribution in [3.05, 3.63) is 29.8 Å². The molecule has 0 spiro atoms. The lowest BCUT2D eigenvalue weighted by molar-refractivity contribution is 0.0165. The molecule has 1 aromatic carbocycles. The zero-order chi connectivity index (χ0) is 15.7.